The van der Waals surface area contributed by atoms with Gasteiger partial charge in [-0.3, -0.25) is 4.79 Å². The zero-order chi connectivity index (χ0) is 15.0. The largest absolute Gasteiger partial charge is 0.480 e. The number of nitrogens with one attached hydrogen (secondary N) is 2. The van der Waals surface area contributed by atoms with Crippen LogP contribution in [0.2, 0.25) is 0 Å². The van der Waals surface area contributed by atoms with Crippen molar-refractivity contribution in [3.05, 3.63) is 0 Å². The number of aliphatic carboxylic acids is 1. The number of carbonyl (C=O) groups excluding carboxylic acids is 2. The minimum absolute atomic E-state index is 0.0778. The fraction of sp³-hybridized carbons (Fsp3) is 0.727. The van der Waals surface area contributed by atoms with Crippen LogP contribution in [0.4, 0.5) is 4.79 Å². The summed E-state index contributed by atoms with van der Waals surface area (Å²) in [7, 11) is 0. The van der Waals surface area contributed by atoms with Crippen LogP contribution in [0.25, 0.3) is 0 Å². The maximum Gasteiger partial charge on any atom is 0.326 e. The monoisotopic (exact) mass is 274 g/mol. The molecule has 0 aromatic heterocycles. The normalized spacial score (nSPS) is 13.7. The number of rotatable bonds is 8. The molecule has 0 rings (SSSR count). The molecule has 0 spiro atoms. The molecule has 0 aromatic carbocycles. The van der Waals surface area contributed by atoms with Crippen molar-refractivity contribution >= 4 is 17.9 Å². The highest BCUT2D eigenvalue weighted by Crippen LogP contribution is 2.02. The molecule has 0 heterocycles. The number of carbonyl (C=O) groups is 3. The summed E-state index contributed by atoms with van der Waals surface area (Å²) >= 11 is 0. The molecule has 0 radical (unpaired) electrons. The molecular formula is C11H22N4O4. The number of amides is 3. The van der Waals surface area contributed by atoms with E-state index in [1.807, 2.05) is 0 Å². The van der Waals surface area contributed by atoms with Gasteiger partial charge in [-0.2, -0.15) is 0 Å². The van der Waals surface area contributed by atoms with E-state index in [1.54, 1.807) is 13.8 Å². The Morgan fingerprint density at radius 3 is 2.26 bits per heavy atom. The standard InChI is InChI=1S/C11H22N4O4/c1-6(2)8(12)9(16)15-7(10(17)18)4-3-5-14-11(13)19/h6-8H,3-5,12H2,1-2H3,(H,15,16)(H,17,18)(H3,13,14,19)/t7-,8?/m0/s1. The zero-order valence-electron chi connectivity index (χ0n) is 11.2. The highest BCUT2D eigenvalue weighted by atomic mass is 16.4. The van der Waals surface area contributed by atoms with Gasteiger partial charge in [0.05, 0.1) is 6.04 Å². The van der Waals surface area contributed by atoms with Crippen molar-refractivity contribution in [1.29, 1.82) is 0 Å². The Labute approximate surface area is 111 Å². The molecule has 3 amide bonds. The third-order valence-electron chi connectivity index (χ3n) is 2.60. The van der Waals surface area contributed by atoms with Gasteiger partial charge in [-0.1, -0.05) is 13.8 Å². The molecule has 0 bridgehead atoms. The first-order valence-corrected chi connectivity index (χ1v) is 6.07. The first kappa shape index (κ1) is 17.2. The van der Waals surface area contributed by atoms with E-state index < -0.39 is 30.0 Å². The summed E-state index contributed by atoms with van der Waals surface area (Å²) in [4.78, 5) is 33.1. The van der Waals surface area contributed by atoms with Gasteiger partial charge >= 0.3 is 12.0 Å². The second kappa shape index (κ2) is 8.30. The Morgan fingerprint density at radius 1 is 1.26 bits per heavy atom. The lowest BCUT2D eigenvalue weighted by Gasteiger charge is -2.19. The second-order valence-electron chi connectivity index (χ2n) is 4.60. The minimum Gasteiger partial charge on any atom is -0.480 e. The molecule has 110 valence electrons. The summed E-state index contributed by atoms with van der Waals surface area (Å²) in [5, 5.41) is 13.7. The van der Waals surface area contributed by atoms with Gasteiger partial charge in [-0.15, -0.1) is 0 Å². The third kappa shape index (κ3) is 7.24. The summed E-state index contributed by atoms with van der Waals surface area (Å²) in [5.41, 5.74) is 10.5. The number of carboxylic acids is 1. The van der Waals surface area contributed by atoms with Gasteiger partial charge in [0.25, 0.3) is 0 Å². The topological polar surface area (TPSA) is 148 Å². The van der Waals surface area contributed by atoms with Crippen molar-refractivity contribution in [3.8, 4) is 0 Å². The molecule has 19 heavy (non-hydrogen) atoms. The fourth-order valence-electron chi connectivity index (χ4n) is 1.35. The number of primary amides is 1. The lowest BCUT2D eigenvalue weighted by molar-refractivity contribution is -0.142. The second-order valence-corrected chi connectivity index (χ2v) is 4.60. The maximum atomic E-state index is 11.7. The Balaban J connectivity index is 4.23. The molecule has 0 aliphatic rings. The summed E-state index contributed by atoms with van der Waals surface area (Å²) in [6.45, 7) is 3.80. The van der Waals surface area contributed by atoms with Gasteiger partial charge in [0.1, 0.15) is 6.04 Å². The predicted octanol–water partition coefficient (Wildman–Crippen LogP) is -1.01. The van der Waals surface area contributed by atoms with Crippen molar-refractivity contribution in [1.82, 2.24) is 10.6 Å². The van der Waals surface area contributed by atoms with Crippen molar-refractivity contribution in [2.75, 3.05) is 6.54 Å². The zero-order valence-corrected chi connectivity index (χ0v) is 11.2. The average molecular weight is 274 g/mol. The van der Waals surface area contributed by atoms with Crippen molar-refractivity contribution in [2.24, 2.45) is 17.4 Å². The molecule has 0 fully saturated rings. The Morgan fingerprint density at radius 2 is 1.84 bits per heavy atom. The number of carboxylic acid groups (broad SMARTS) is 1. The van der Waals surface area contributed by atoms with Gasteiger partial charge in [0.2, 0.25) is 5.91 Å². The first-order chi connectivity index (χ1) is 8.75. The van der Waals surface area contributed by atoms with Crippen LogP contribution in [0.15, 0.2) is 0 Å². The van der Waals surface area contributed by atoms with E-state index in [9.17, 15) is 14.4 Å². The minimum atomic E-state index is -1.14. The average Bonchev–Trinajstić information content (AvgIpc) is 2.30. The highest BCUT2D eigenvalue weighted by molar-refractivity contribution is 5.86. The van der Waals surface area contributed by atoms with E-state index in [4.69, 9.17) is 16.6 Å². The molecule has 0 saturated carbocycles. The van der Waals surface area contributed by atoms with Crippen molar-refractivity contribution < 1.29 is 19.5 Å². The molecule has 0 aliphatic heterocycles. The van der Waals surface area contributed by atoms with Crippen molar-refractivity contribution in [3.63, 3.8) is 0 Å². The third-order valence-corrected chi connectivity index (χ3v) is 2.60. The summed E-state index contributed by atoms with van der Waals surface area (Å²) in [5.74, 6) is -1.71. The molecule has 0 aliphatic carbocycles. The fourth-order valence-corrected chi connectivity index (χ4v) is 1.35. The summed E-state index contributed by atoms with van der Waals surface area (Å²) in [6.07, 6.45) is 0.573. The van der Waals surface area contributed by atoms with Gasteiger partial charge in [0.15, 0.2) is 0 Å². The van der Waals surface area contributed by atoms with Crippen LogP contribution in [-0.4, -0.2) is 41.6 Å². The Kier molecular flexibility index (Phi) is 7.50. The summed E-state index contributed by atoms with van der Waals surface area (Å²) < 4.78 is 0. The quantitative estimate of drug-likeness (QED) is 0.360. The lowest BCUT2D eigenvalue weighted by Crippen LogP contribution is -2.50. The first-order valence-electron chi connectivity index (χ1n) is 6.07. The van der Waals surface area contributed by atoms with Crippen LogP contribution >= 0.6 is 0 Å². The predicted molar refractivity (Wildman–Crippen MR) is 69.2 cm³/mol. The molecule has 8 nitrogen and oxygen atoms in total. The number of urea groups is 1. The van der Waals surface area contributed by atoms with E-state index in [-0.39, 0.29) is 18.9 Å². The van der Waals surface area contributed by atoms with Crippen LogP contribution in [0.1, 0.15) is 26.7 Å². The van der Waals surface area contributed by atoms with Gasteiger partial charge < -0.3 is 27.2 Å². The lowest BCUT2D eigenvalue weighted by atomic mass is 10.0. The van der Waals surface area contributed by atoms with E-state index in [2.05, 4.69) is 10.6 Å². The molecule has 2 atom stereocenters. The molecule has 0 aromatic rings. The van der Waals surface area contributed by atoms with Gasteiger partial charge in [0, 0.05) is 6.54 Å². The number of nitrogens with two attached hydrogens (primary N) is 2. The van der Waals surface area contributed by atoms with E-state index >= 15 is 0 Å². The van der Waals surface area contributed by atoms with Crippen LogP contribution in [0.5, 0.6) is 0 Å². The number of hydrogen-bond acceptors (Lipinski definition) is 4. The van der Waals surface area contributed by atoms with Crippen LogP contribution in [0.3, 0.4) is 0 Å². The van der Waals surface area contributed by atoms with E-state index in [0.29, 0.717) is 6.42 Å². The molecule has 0 saturated heterocycles. The Bertz CT molecular complexity index is 333. The van der Waals surface area contributed by atoms with Crippen molar-refractivity contribution in [2.45, 2.75) is 38.8 Å². The molecular weight excluding hydrogens is 252 g/mol. The Hall–Kier alpha value is -1.83. The maximum absolute atomic E-state index is 11.7. The van der Waals surface area contributed by atoms with Crippen LogP contribution in [-0.2, 0) is 9.59 Å². The van der Waals surface area contributed by atoms with E-state index in [1.165, 1.54) is 0 Å². The number of hydrogen-bond donors (Lipinski definition) is 5. The van der Waals surface area contributed by atoms with Gasteiger partial charge in [-0.05, 0) is 18.8 Å². The molecule has 8 heteroatoms. The molecule has 1 unspecified atom stereocenters. The van der Waals surface area contributed by atoms with Gasteiger partial charge in [-0.25, -0.2) is 9.59 Å². The van der Waals surface area contributed by atoms with E-state index in [0.717, 1.165) is 0 Å². The molecule has 7 N–H and O–H groups in total. The summed E-state index contributed by atoms with van der Waals surface area (Å²) in [6, 6.07) is -2.43. The smallest absolute Gasteiger partial charge is 0.326 e. The van der Waals surface area contributed by atoms with Crippen LogP contribution in [0, 0.1) is 5.92 Å². The highest BCUT2D eigenvalue weighted by Gasteiger charge is 2.24. The van der Waals surface area contributed by atoms with Crippen LogP contribution < -0.4 is 22.1 Å². The SMILES string of the molecule is CC(C)C(N)C(=O)N[C@@H](CCCNC(N)=O)C(=O)O.